The van der Waals surface area contributed by atoms with Crippen molar-refractivity contribution in [2.75, 3.05) is 45.2 Å². The van der Waals surface area contributed by atoms with E-state index in [1.165, 1.54) is 0 Å². The number of H-pyrrole nitrogens is 1. The molecule has 1 fully saturated rings. The predicted molar refractivity (Wildman–Crippen MR) is 135 cm³/mol. The Morgan fingerprint density at radius 3 is 2.57 bits per heavy atom. The lowest BCUT2D eigenvalue weighted by molar-refractivity contribution is 0.311. The summed E-state index contributed by atoms with van der Waals surface area (Å²) in [5.41, 5.74) is 3.91. The number of methoxy groups -OCH3 is 1. The van der Waals surface area contributed by atoms with Gasteiger partial charge in [0.2, 0.25) is 5.95 Å². The van der Waals surface area contributed by atoms with Gasteiger partial charge in [-0.3, -0.25) is 0 Å². The summed E-state index contributed by atoms with van der Waals surface area (Å²) in [7, 11) is 3.76. The van der Waals surface area contributed by atoms with Crippen LogP contribution in [0.1, 0.15) is 11.1 Å². The van der Waals surface area contributed by atoms with Gasteiger partial charge in [-0.1, -0.05) is 6.07 Å². The number of piperazine rings is 1. The zero-order chi connectivity index (χ0) is 23.9. The molecule has 1 saturated heterocycles. The van der Waals surface area contributed by atoms with Gasteiger partial charge in [-0.2, -0.15) is 0 Å². The van der Waals surface area contributed by atoms with E-state index in [4.69, 9.17) is 4.74 Å². The van der Waals surface area contributed by atoms with E-state index in [2.05, 4.69) is 42.0 Å². The Balaban J connectivity index is 1.34. The lowest BCUT2D eigenvalue weighted by Gasteiger charge is -2.32. The smallest absolute Gasteiger partial charge is 0.225 e. The minimum absolute atomic E-state index is 0.111. The first-order chi connectivity index (χ1) is 17.1. The number of rotatable bonds is 4. The lowest BCUT2D eigenvalue weighted by Crippen LogP contribution is -2.45. The van der Waals surface area contributed by atoms with E-state index in [-0.39, 0.29) is 5.88 Å². The molecule has 0 unspecified atom stereocenters. The predicted octanol–water partition coefficient (Wildman–Crippen LogP) is 2.51. The fourth-order valence-electron chi connectivity index (χ4n) is 4.52. The normalized spacial score (nSPS) is 16.3. The Labute approximate surface area is 201 Å². The number of nitrogens with zero attached hydrogens (tertiary/aromatic N) is 6. The van der Waals surface area contributed by atoms with Crippen LogP contribution in [0.25, 0.3) is 22.7 Å². The number of nitrogens with one attached hydrogen (secondary N) is 1. The van der Waals surface area contributed by atoms with E-state index in [0.29, 0.717) is 5.56 Å². The molecular weight excluding hydrogens is 442 g/mol. The first-order valence-corrected chi connectivity index (χ1v) is 11.5. The number of hydrogen-bond acceptors (Lipinski definition) is 8. The largest absolute Gasteiger partial charge is 0.497 e. The quantitative estimate of drug-likeness (QED) is 0.478. The zero-order valence-corrected chi connectivity index (χ0v) is 19.6. The fourth-order valence-corrected chi connectivity index (χ4v) is 4.52. The van der Waals surface area contributed by atoms with E-state index < -0.39 is 0 Å². The molecule has 0 aliphatic carbocycles. The summed E-state index contributed by atoms with van der Waals surface area (Å²) in [5.74, 6) is 1.59. The molecule has 35 heavy (non-hydrogen) atoms. The molecule has 2 aliphatic heterocycles. The van der Waals surface area contributed by atoms with Crippen LogP contribution in [0.3, 0.4) is 0 Å². The summed E-state index contributed by atoms with van der Waals surface area (Å²) >= 11 is 0. The molecule has 0 amide bonds. The summed E-state index contributed by atoms with van der Waals surface area (Å²) < 4.78 is 5.34. The molecule has 0 saturated carbocycles. The molecule has 6 rings (SSSR count). The molecule has 2 aromatic heterocycles. The third kappa shape index (κ3) is 3.89. The van der Waals surface area contributed by atoms with Gasteiger partial charge in [0.1, 0.15) is 11.4 Å². The van der Waals surface area contributed by atoms with Crippen LogP contribution in [0, 0.1) is 0 Å². The Kier molecular flexibility index (Phi) is 5.18. The molecule has 0 radical (unpaired) electrons. The molecule has 4 aromatic rings. The summed E-state index contributed by atoms with van der Waals surface area (Å²) in [6.45, 7) is 3.86. The van der Waals surface area contributed by atoms with Crippen LogP contribution >= 0.6 is 0 Å². The van der Waals surface area contributed by atoms with Gasteiger partial charge in [-0.05, 0) is 48.7 Å². The maximum atomic E-state index is 10.5. The molecule has 176 valence electrons. The summed E-state index contributed by atoms with van der Waals surface area (Å²) in [6.07, 6.45) is 5.57. The van der Waals surface area contributed by atoms with Crippen LogP contribution in [0.15, 0.2) is 59.0 Å². The number of aromatic amines is 1. The standard InChI is InChI=1S/C26H25N7O2/c1-32-7-9-33(10-8-32)26-27-14-17(15-28-26)24-19-5-3-16(12-23(19)30-31-24)11-21-20-13-18(35-2)4-6-22(20)29-25(21)34/h3-6,11-15,29,34H,7-10H2,1-2H3. The second-order valence-corrected chi connectivity index (χ2v) is 8.83. The van der Waals surface area contributed by atoms with Crippen molar-refractivity contribution >= 4 is 34.3 Å². The van der Waals surface area contributed by atoms with Crippen LogP contribution in [0.4, 0.5) is 11.6 Å². The summed E-state index contributed by atoms with van der Waals surface area (Å²) in [6, 6.07) is 11.6. The van der Waals surface area contributed by atoms with Gasteiger partial charge < -0.3 is 24.6 Å². The molecule has 0 spiro atoms. The first-order valence-electron chi connectivity index (χ1n) is 11.5. The highest BCUT2D eigenvalue weighted by atomic mass is 16.5. The number of fused-ring (bicyclic) bond motifs is 2. The van der Waals surface area contributed by atoms with Crippen molar-refractivity contribution in [3.05, 3.63) is 70.4 Å². The monoisotopic (exact) mass is 467 g/mol. The summed E-state index contributed by atoms with van der Waals surface area (Å²) in [4.78, 5) is 16.7. The second kappa shape index (κ2) is 8.52. The Bertz CT molecular complexity index is 1570. The van der Waals surface area contributed by atoms with Gasteiger partial charge in [-0.15, -0.1) is 10.2 Å². The van der Waals surface area contributed by atoms with Crippen molar-refractivity contribution < 1.29 is 9.84 Å². The van der Waals surface area contributed by atoms with Crippen molar-refractivity contribution in [2.24, 2.45) is 10.2 Å². The Hall–Kier alpha value is -4.24. The SMILES string of the molecule is COc1ccc2[nH]c(O)c(C=c3ccc4c(c3)N=NC=4c3cnc(N4CCN(C)CC4)nc3)c2c1. The van der Waals surface area contributed by atoms with E-state index in [0.717, 1.165) is 76.2 Å². The van der Waals surface area contributed by atoms with Gasteiger partial charge in [0.05, 0.1) is 12.8 Å². The maximum Gasteiger partial charge on any atom is 0.225 e. The third-order valence-corrected chi connectivity index (χ3v) is 6.57. The molecule has 0 atom stereocenters. The van der Waals surface area contributed by atoms with Crippen molar-refractivity contribution in [3.8, 4) is 11.6 Å². The number of hydrogen-bond donors (Lipinski definition) is 2. The van der Waals surface area contributed by atoms with Crippen molar-refractivity contribution in [2.45, 2.75) is 0 Å². The van der Waals surface area contributed by atoms with Crippen LogP contribution in [0.5, 0.6) is 11.6 Å². The molecule has 4 heterocycles. The molecule has 2 N–H and O–H groups in total. The maximum absolute atomic E-state index is 10.5. The van der Waals surface area contributed by atoms with Gasteiger partial charge in [0.25, 0.3) is 0 Å². The number of azo groups is 1. The minimum atomic E-state index is 0.111. The Morgan fingerprint density at radius 2 is 1.80 bits per heavy atom. The topological polar surface area (TPSA) is 102 Å². The van der Waals surface area contributed by atoms with Gasteiger partial charge in [0.15, 0.2) is 5.88 Å². The molecule has 0 bridgehead atoms. The van der Waals surface area contributed by atoms with Crippen LogP contribution in [-0.4, -0.2) is 65.3 Å². The van der Waals surface area contributed by atoms with Crippen LogP contribution in [-0.2, 0) is 0 Å². The van der Waals surface area contributed by atoms with Gasteiger partial charge >= 0.3 is 0 Å². The van der Waals surface area contributed by atoms with Crippen molar-refractivity contribution in [3.63, 3.8) is 0 Å². The first kappa shape index (κ1) is 21.3. The highest BCUT2D eigenvalue weighted by Crippen LogP contribution is 2.31. The number of aromatic nitrogens is 3. The number of aromatic hydroxyl groups is 1. The molecule has 9 nitrogen and oxygen atoms in total. The number of anilines is 1. The van der Waals surface area contributed by atoms with Gasteiger partial charge in [-0.25, -0.2) is 9.97 Å². The van der Waals surface area contributed by atoms with Gasteiger partial charge in [0, 0.05) is 65.8 Å². The molecule has 2 aromatic carbocycles. The lowest BCUT2D eigenvalue weighted by atomic mass is 10.1. The van der Waals surface area contributed by atoms with Crippen LogP contribution in [0.2, 0.25) is 0 Å². The third-order valence-electron chi connectivity index (χ3n) is 6.57. The number of ether oxygens (including phenoxy) is 1. The second-order valence-electron chi connectivity index (χ2n) is 8.83. The van der Waals surface area contributed by atoms with Crippen LogP contribution < -0.4 is 20.1 Å². The zero-order valence-electron chi connectivity index (χ0n) is 19.6. The molecule has 9 heteroatoms. The summed E-state index contributed by atoms with van der Waals surface area (Å²) in [5, 5.41) is 22.0. The van der Waals surface area contributed by atoms with E-state index in [9.17, 15) is 5.11 Å². The fraction of sp³-hybridized carbons (Fsp3) is 0.231. The van der Waals surface area contributed by atoms with E-state index in [1.54, 1.807) is 7.11 Å². The van der Waals surface area contributed by atoms with E-state index in [1.807, 2.05) is 54.9 Å². The number of benzene rings is 2. The highest BCUT2D eigenvalue weighted by Gasteiger charge is 2.18. The van der Waals surface area contributed by atoms with Crippen molar-refractivity contribution in [1.82, 2.24) is 19.9 Å². The number of likely N-dealkylation sites (N-methyl/N-ethyl adjacent to an activating group) is 1. The van der Waals surface area contributed by atoms with Crippen molar-refractivity contribution in [1.29, 1.82) is 0 Å². The average Bonchev–Trinajstić information content (AvgIpc) is 3.44. The molecule has 2 aliphatic rings. The molecular formula is C26H25N7O2. The highest BCUT2D eigenvalue weighted by molar-refractivity contribution is 5.92. The average molecular weight is 468 g/mol. The minimum Gasteiger partial charge on any atom is -0.497 e. The van der Waals surface area contributed by atoms with E-state index >= 15 is 0 Å². The Morgan fingerprint density at radius 1 is 1.00 bits per heavy atom.